The highest BCUT2D eigenvalue weighted by molar-refractivity contribution is 5.71. The quantitative estimate of drug-likeness (QED) is 0.853. The average molecular weight is 336 g/mol. The Morgan fingerprint density at radius 2 is 2.12 bits per heavy atom. The van der Waals surface area contributed by atoms with Crippen LogP contribution in [-0.4, -0.2) is 44.9 Å². The average Bonchev–Trinajstić information content (AvgIpc) is 2.61. The van der Waals surface area contributed by atoms with Gasteiger partial charge in [0.15, 0.2) is 0 Å². The SMILES string of the molecule is CC(c1ccc(N2CCOCC2)c(F)c1)C1CC(=O)OC(CN)C1. The molecule has 2 aliphatic heterocycles. The molecule has 0 amide bonds. The summed E-state index contributed by atoms with van der Waals surface area (Å²) in [5.41, 5.74) is 7.18. The van der Waals surface area contributed by atoms with Gasteiger partial charge in [-0.2, -0.15) is 0 Å². The van der Waals surface area contributed by atoms with Gasteiger partial charge in [-0.3, -0.25) is 4.79 Å². The van der Waals surface area contributed by atoms with Crippen molar-refractivity contribution in [3.05, 3.63) is 29.6 Å². The van der Waals surface area contributed by atoms with Crippen molar-refractivity contribution < 1.29 is 18.7 Å². The molecule has 0 aromatic heterocycles. The van der Waals surface area contributed by atoms with Gasteiger partial charge >= 0.3 is 5.97 Å². The maximum atomic E-state index is 14.6. The summed E-state index contributed by atoms with van der Waals surface area (Å²) in [6.07, 6.45) is 0.872. The van der Waals surface area contributed by atoms with E-state index >= 15 is 0 Å². The molecule has 3 atom stereocenters. The van der Waals surface area contributed by atoms with E-state index in [1.165, 1.54) is 0 Å². The molecule has 24 heavy (non-hydrogen) atoms. The fourth-order valence-corrected chi connectivity index (χ4v) is 3.58. The molecule has 3 unspecified atom stereocenters. The number of morpholine rings is 1. The number of nitrogens with zero attached hydrogens (tertiary/aromatic N) is 1. The number of carbonyl (C=O) groups excluding carboxylic acids is 1. The van der Waals surface area contributed by atoms with Crippen molar-refractivity contribution in [2.24, 2.45) is 11.7 Å². The molecule has 1 aromatic rings. The van der Waals surface area contributed by atoms with E-state index < -0.39 is 0 Å². The van der Waals surface area contributed by atoms with Crippen molar-refractivity contribution >= 4 is 11.7 Å². The molecule has 1 aromatic carbocycles. The summed E-state index contributed by atoms with van der Waals surface area (Å²) in [5, 5.41) is 0. The Balaban J connectivity index is 1.74. The summed E-state index contributed by atoms with van der Waals surface area (Å²) in [5.74, 6) is -0.206. The normalized spacial score (nSPS) is 26.1. The van der Waals surface area contributed by atoms with Gasteiger partial charge in [-0.25, -0.2) is 4.39 Å². The number of benzene rings is 1. The van der Waals surface area contributed by atoms with E-state index in [0.29, 0.717) is 45.0 Å². The molecule has 2 fully saturated rings. The zero-order valence-corrected chi connectivity index (χ0v) is 14.0. The summed E-state index contributed by atoms with van der Waals surface area (Å²) in [6, 6.07) is 5.41. The van der Waals surface area contributed by atoms with Crippen LogP contribution >= 0.6 is 0 Å². The Bertz CT molecular complexity index is 590. The lowest BCUT2D eigenvalue weighted by Gasteiger charge is -2.33. The van der Waals surface area contributed by atoms with Crippen LogP contribution in [0.3, 0.4) is 0 Å². The number of anilines is 1. The maximum Gasteiger partial charge on any atom is 0.306 e. The third-order valence-electron chi connectivity index (χ3n) is 5.11. The van der Waals surface area contributed by atoms with Crippen LogP contribution < -0.4 is 10.6 Å². The first kappa shape index (κ1) is 17.2. The highest BCUT2D eigenvalue weighted by Gasteiger charge is 2.32. The number of hydrogen-bond donors (Lipinski definition) is 1. The van der Waals surface area contributed by atoms with E-state index in [-0.39, 0.29) is 29.7 Å². The van der Waals surface area contributed by atoms with Gasteiger partial charge in [0.2, 0.25) is 0 Å². The lowest BCUT2D eigenvalue weighted by atomic mass is 9.80. The van der Waals surface area contributed by atoms with E-state index in [1.807, 2.05) is 24.0 Å². The van der Waals surface area contributed by atoms with Crippen molar-refractivity contribution in [2.45, 2.75) is 31.8 Å². The van der Waals surface area contributed by atoms with Crippen LogP contribution in [0.25, 0.3) is 0 Å². The lowest BCUT2D eigenvalue weighted by molar-refractivity contribution is -0.156. The zero-order valence-electron chi connectivity index (χ0n) is 14.0. The molecule has 2 saturated heterocycles. The standard InChI is InChI=1S/C18H25FN2O3/c1-12(14-8-15(11-20)24-18(22)10-14)13-2-3-17(16(19)9-13)21-4-6-23-7-5-21/h2-3,9,12,14-15H,4-8,10-11,20H2,1H3. The molecule has 0 bridgehead atoms. The van der Waals surface area contributed by atoms with Gasteiger partial charge in [0, 0.05) is 26.1 Å². The number of nitrogens with two attached hydrogens (primary N) is 1. The van der Waals surface area contributed by atoms with Crippen LogP contribution in [0.4, 0.5) is 10.1 Å². The fraction of sp³-hybridized carbons (Fsp3) is 0.611. The smallest absolute Gasteiger partial charge is 0.306 e. The summed E-state index contributed by atoms with van der Waals surface area (Å²) in [4.78, 5) is 13.7. The number of esters is 1. The lowest BCUT2D eigenvalue weighted by Crippen LogP contribution is -2.37. The van der Waals surface area contributed by atoms with Gasteiger partial charge in [0.1, 0.15) is 11.9 Å². The minimum absolute atomic E-state index is 0.0835. The van der Waals surface area contributed by atoms with Gasteiger partial charge in [-0.05, 0) is 36.0 Å². The van der Waals surface area contributed by atoms with Crippen LogP contribution in [0.5, 0.6) is 0 Å². The number of hydrogen-bond acceptors (Lipinski definition) is 5. The van der Waals surface area contributed by atoms with E-state index in [0.717, 1.165) is 12.0 Å². The number of halogens is 1. The molecule has 2 aliphatic rings. The van der Waals surface area contributed by atoms with Crippen LogP contribution in [0.2, 0.25) is 0 Å². The molecule has 0 radical (unpaired) electrons. The van der Waals surface area contributed by atoms with Crippen molar-refractivity contribution in [3.8, 4) is 0 Å². The van der Waals surface area contributed by atoms with Crippen LogP contribution in [0.1, 0.15) is 31.2 Å². The van der Waals surface area contributed by atoms with Gasteiger partial charge in [-0.1, -0.05) is 13.0 Å². The largest absolute Gasteiger partial charge is 0.461 e. The van der Waals surface area contributed by atoms with E-state index in [1.54, 1.807) is 6.07 Å². The first-order chi connectivity index (χ1) is 11.6. The number of cyclic esters (lactones) is 1. The summed E-state index contributed by atoms with van der Waals surface area (Å²) >= 11 is 0. The maximum absolute atomic E-state index is 14.6. The molecule has 3 rings (SSSR count). The first-order valence-electron chi connectivity index (χ1n) is 8.60. The number of ether oxygens (including phenoxy) is 2. The fourth-order valence-electron chi connectivity index (χ4n) is 3.58. The van der Waals surface area contributed by atoms with Crippen molar-refractivity contribution in [1.82, 2.24) is 0 Å². The van der Waals surface area contributed by atoms with E-state index in [9.17, 15) is 9.18 Å². The molecule has 2 heterocycles. The van der Waals surface area contributed by atoms with E-state index in [4.69, 9.17) is 15.2 Å². The van der Waals surface area contributed by atoms with Gasteiger partial charge < -0.3 is 20.1 Å². The van der Waals surface area contributed by atoms with Crippen LogP contribution in [-0.2, 0) is 14.3 Å². The van der Waals surface area contributed by atoms with Crippen molar-refractivity contribution in [3.63, 3.8) is 0 Å². The topological polar surface area (TPSA) is 64.8 Å². The van der Waals surface area contributed by atoms with Crippen molar-refractivity contribution in [2.75, 3.05) is 37.7 Å². The Morgan fingerprint density at radius 1 is 1.38 bits per heavy atom. The Hall–Kier alpha value is -1.66. The Morgan fingerprint density at radius 3 is 2.79 bits per heavy atom. The van der Waals surface area contributed by atoms with Gasteiger partial charge in [-0.15, -0.1) is 0 Å². The van der Waals surface area contributed by atoms with Crippen LogP contribution in [0, 0.1) is 11.7 Å². The number of carbonyl (C=O) groups is 1. The molecular weight excluding hydrogens is 311 g/mol. The molecule has 0 saturated carbocycles. The monoisotopic (exact) mass is 336 g/mol. The molecular formula is C18H25FN2O3. The van der Waals surface area contributed by atoms with Crippen molar-refractivity contribution in [1.29, 1.82) is 0 Å². The van der Waals surface area contributed by atoms with Gasteiger partial charge in [0.25, 0.3) is 0 Å². The van der Waals surface area contributed by atoms with E-state index in [2.05, 4.69) is 0 Å². The molecule has 5 nitrogen and oxygen atoms in total. The summed E-state index contributed by atoms with van der Waals surface area (Å²) in [7, 11) is 0. The minimum atomic E-state index is -0.226. The zero-order chi connectivity index (χ0) is 17.1. The predicted octanol–water partition coefficient (Wildman–Crippen LogP) is 2.05. The summed E-state index contributed by atoms with van der Waals surface area (Å²) in [6.45, 7) is 5.04. The molecule has 132 valence electrons. The summed E-state index contributed by atoms with van der Waals surface area (Å²) < 4.78 is 25.1. The predicted molar refractivity (Wildman–Crippen MR) is 89.5 cm³/mol. The number of rotatable bonds is 4. The second-order valence-corrected chi connectivity index (χ2v) is 6.65. The second-order valence-electron chi connectivity index (χ2n) is 6.65. The third kappa shape index (κ3) is 3.70. The highest BCUT2D eigenvalue weighted by atomic mass is 19.1. The second kappa shape index (κ2) is 7.49. The van der Waals surface area contributed by atoms with Crippen LogP contribution in [0.15, 0.2) is 18.2 Å². The third-order valence-corrected chi connectivity index (χ3v) is 5.11. The molecule has 0 spiro atoms. The minimum Gasteiger partial charge on any atom is -0.461 e. The molecule has 6 heteroatoms. The first-order valence-corrected chi connectivity index (χ1v) is 8.60. The Kier molecular flexibility index (Phi) is 5.36. The molecule has 2 N–H and O–H groups in total. The Labute approximate surface area is 141 Å². The van der Waals surface area contributed by atoms with Gasteiger partial charge in [0.05, 0.1) is 18.9 Å². The highest BCUT2D eigenvalue weighted by Crippen LogP contribution is 2.35. The molecule has 0 aliphatic carbocycles.